The maximum atomic E-state index is 12.7. The molecular weight excluding hydrogens is 379 g/mol. The van der Waals surface area contributed by atoms with Crippen molar-refractivity contribution in [2.75, 3.05) is 29.9 Å². The molecule has 21 heavy (non-hydrogen) atoms. The lowest BCUT2D eigenvalue weighted by molar-refractivity contribution is 0.0986. The minimum absolute atomic E-state index is 0.0812. The Labute approximate surface area is 137 Å². The van der Waals surface area contributed by atoms with Crippen LogP contribution in [0.3, 0.4) is 0 Å². The largest absolute Gasteiger partial charge is 0.507 e. The minimum Gasteiger partial charge on any atom is -0.507 e. The number of anilines is 2. The number of carbonyl (C=O) groups excluding carboxylic acids is 1. The summed E-state index contributed by atoms with van der Waals surface area (Å²) in [6, 6.07) is 12.9. The van der Waals surface area contributed by atoms with Crippen LogP contribution in [-0.2, 0) is 0 Å². The highest BCUT2D eigenvalue weighted by Crippen LogP contribution is 2.33. The summed E-state index contributed by atoms with van der Waals surface area (Å²) in [5.74, 6) is 0.0612. The van der Waals surface area contributed by atoms with E-state index in [0.717, 1.165) is 21.5 Å². The lowest BCUT2D eigenvalue weighted by Gasteiger charge is -2.35. The number of phenols is 1. The molecule has 1 aliphatic rings. The first-order chi connectivity index (χ1) is 10.1. The van der Waals surface area contributed by atoms with Gasteiger partial charge in [0.05, 0.1) is 14.9 Å². The third kappa shape index (κ3) is 2.57. The van der Waals surface area contributed by atoms with Crippen LogP contribution < -0.4 is 9.80 Å². The number of hydrogen-bond acceptors (Lipinski definition) is 3. The summed E-state index contributed by atoms with van der Waals surface area (Å²) in [6.45, 7) is 1.43. The Hall–Kier alpha value is -1.76. The van der Waals surface area contributed by atoms with Gasteiger partial charge >= 0.3 is 0 Å². The number of rotatable bonds is 1. The predicted molar refractivity (Wildman–Crippen MR) is 92.2 cm³/mol. The summed E-state index contributed by atoms with van der Waals surface area (Å²) >= 11 is 2.04. The van der Waals surface area contributed by atoms with Gasteiger partial charge in [-0.15, -0.1) is 0 Å². The molecular formula is C16H15IN2O2. The normalized spacial score (nSPS) is 14.0. The molecule has 0 unspecified atom stereocenters. The van der Waals surface area contributed by atoms with Crippen LogP contribution >= 0.6 is 22.6 Å². The van der Waals surface area contributed by atoms with Gasteiger partial charge in [0, 0.05) is 25.7 Å². The molecule has 3 rings (SSSR count). The zero-order valence-corrected chi connectivity index (χ0v) is 13.7. The quantitative estimate of drug-likeness (QED) is 0.757. The number of amides is 1. The van der Waals surface area contributed by atoms with Gasteiger partial charge in [-0.1, -0.05) is 12.1 Å². The zero-order chi connectivity index (χ0) is 15.0. The second-order valence-electron chi connectivity index (χ2n) is 5.03. The van der Waals surface area contributed by atoms with Crippen molar-refractivity contribution < 1.29 is 9.90 Å². The Morgan fingerprint density at radius 2 is 1.86 bits per heavy atom. The topological polar surface area (TPSA) is 43.8 Å². The van der Waals surface area contributed by atoms with Crippen molar-refractivity contribution in [2.45, 2.75) is 0 Å². The molecule has 5 heteroatoms. The van der Waals surface area contributed by atoms with Gasteiger partial charge in [0.1, 0.15) is 5.75 Å². The van der Waals surface area contributed by atoms with Gasteiger partial charge in [0.25, 0.3) is 5.91 Å². The van der Waals surface area contributed by atoms with Crippen molar-refractivity contribution in [1.82, 2.24) is 0 Å². The Morgan fingerprint density at radius 3 is 2.57 bits per heavy atom. The van der Waals surface area contributed by atoms with Crippen molar-refractivity contribution in [1.29, 1.82) is 0 Å². The zero-order valence-electron chi connectivity index (χ0n) is 11.6. The number of halogens is 1. The van der Waals surface area contributed by atoms with Crippen molar-refractivity contribution in [2.24, 2.45) is 0 Å². The summed E-state index contributed by atoms with van der Waals surface area (Å²) in [5, 5.41) is 9.80. The van der Waals surface area contributed by atoms with Gasteiger partial charge in [-0.05, 0) is 52.9 Å². The van der Waals surface area contributed by atoms with Crippen LogP contribution in [0.25, 0.3) is 0 Å². The van der Waals surface area contributed by atoms with Gasteiger partial charge in [0.15, 0.2) is 0 Å². The maximum absolute atomic E-state index is 12.7. The molecule has 0 bridgehead atoms. The fraction of sp³-hybridized carbons (Fsp3) is 0.188. The summed E-state index contributed by atoms with van der Waals surface area (Å²) in [7, 11) is 2.03. The third-order valence-corrected chi connectivity index (χ3v) is 4.59. The smallest absolute Gasteiger partial charge is 0.258 e. The lowest BCUT2D eigenvalue weighted by Crippen LogP contribution is -2.42. The standard InChI is InChI=1S/C16H15IN2O2/c1-18-8-9-19(14-5-3-2-4-13(14)18)16(21)11-6-7-12(17)15(20)10-11/h2-7,10,20H,8-9H2,1H3. The number of para-hydroxylation sites is 2. The minimum atomic E-state index is -0.0812. The van der Waals surface area contributed by atoms with E-state index >= 15 is 0 Å². The number of hydrogen-bond donors (Lipinski definition) is 1. The van der Waals surface area contributed by atoms with Crippen LogP contribution in [0.1, 0.15) is 10.4 Å². The first kappa shape index (κ1) is 14.2. The molecule has 1 aliphatic heterocycles. The molecule has 0 spiro atoms. The SMILES string of the molecule is CN1CCN(C(=O)c2ccc(I)c(O)c2)c2ccccc21. The van der Waals surface area contributed by atoms with Crippen molar-refractivity contribution >= 4 is 39.9 Å². The molecule has 0 saturated carbocycles. The molecule has 0 radical (unpaired) electrons. The van der Waals surface area contributed by atoms with Crippen LogP contribution in [0.5, 0.6) is 5.75 Å². The molecule has 1 heterocycles. The first-order valence-electron chi connectivity index (χ1n) is 6.68. The molecule has 0 fully saturated rings. The van der Waals surface area contributed by atoms with Crippen molar-refractivity contribution in [3.8, 4) is 5.75 Å². The van der Waals surface area contributed by atoms with Gasteiger partial charge in [-0.2, -0.15) is 0 Å². The van der Waals surface area contributed by atoms with E-state index < -0.39 is 0 Å². The molecule has 108 valence electrons. The van der Waals surface area contributed by atoms with E-state index in [2.05, 4.69) is 4.90 Å². The van der Waals surface area contributed by atoms with E-state index in [0.29, 0.717) is 12.1 Å². The highest BCUT2D eigenvalue weighted by molar-refractivity contribution is 14.1. The monoisotopic (exact) mass is 394 g/mol. The van der Waals surface area contributed by atoms with E-state index in [1.807, 2.05) is 53.9 Å². The summed E-state index contributed by atoms with van der Waals surface area (Å²) < 4.78 is 0.739. The summed E-state index contributed by atoms with van der Waals surface area (Å²) in [5.41, 5.74) is 2.47. The maximum Gasteiger partial charge on any atom is 0.258 e. The van der Waals surface area contributed by atoms with Crippen molar-refractivity contribution in [3.05, 3.63) is 51.6 Å². The highest BCUT2D eigenvalue weighted by Gasteiger charge is 2.25. The molecule has 1 N–H and O–H groups in total. The van der Waals surface area contributed by atoms with Gasteiger partial charge < -0.3 is 14.9 Å². The number of aromatic hydroxyl groups is 1. The van der Waals surface area contributed by atoms with E-state index in [1.165, 1.54) is 6.07 Å². The number of nitrogens with zero attached hydrogens (tertiary/aromatic N) is 2. The van der Waals surface area contributed by atoms with Crippen molar-refractivity contribution in [3.63, 3.8) is 0 Å². The highest BCUT2D eigenvalue weighted by atomic mass is 127. The van der Waals surface area contributed by atoms with Crippen LogP contribution in [0.4, 0.5) is 11.4 Å². The van der Waals surface area contributed by atoms with Gasteiger partial charge in [0.2, 0.25) is 0 Å². The Kier molecular flexibility index (Phi) is 3.75. The van der Waals surface area contributed by atoms with Gasteiger partial charge in [-0.3, -0.25) is 4.79 Å². The molecule has 0 aliphatic carbocycles. The average molecular weight is 394 g/mol. The molecule has 0 saturated heterocycles. The predicted octanol–water partition coefficient (Wildman–Crippen LogP) is 3.09. The Bertz CT molecular complexity index is 702. The van der Waals surface area contributed by atoms with Gasteiger partial charge in [-0.25, -0.2) is 0 Å². The molecule has 2 aromatic carbocycles. The summed E-state index contributed by atoms with van der Waals surface area (Å²) in [6.07, 6.45) is 0. The molecule has 2 aromatic rings. The average Bonchev–Trinajstić information content (AvgIpc) is 2.50. The summed E-state index contributed by atoms with van der Waals surface area (Å²) in [4.78, 5) is 16.6. The fourth-order valence-electron chi connectivity index (χ4n) is 2.52. The van der Waals surface area contributed by atoms with E-state index in [4.69, 9.17) is 0 Å². The second-order valence-corrected chi connectivity index (χ2v) is 6.20. The molecule has 4 nitrogen and oxygen atoms in total. The molecule has 0 aromatic heterocycles. The number of phenolic OH excluding ortho intramolecular Hbond substituents is 1. The molecule has 1 amide bonds. The number of benzene rings is 2. The lowest BCUT2D eigenvalue weighted by atomic mass is 10.1. The fourth-order valence-corrected chi connectivity index (χ4v) is 2.85. The van der Waals surface area contributed by atoms with Crippen LogP contribution in [0.15, 0.2) is 42.5 Å². The van der Waals surface area contributed by atoms with Crippen LogP contribution in [-0.4, -0.2) is 31.2 Å². The first-order valence-corrected chi connectivity index (χ1v) is 7.76. The molecule has 0 atom stereocenters. The third-order valence-electron chi connectivity index (χ3n) is 3.68. The number of carbonyl (C=O) groups is 1. The second kappa shape index (κ2) is 5.55. The number of fused-ring (bicyclic) bond motifs is 1. The van der Waals surface area contributed by atoms with Crippen LogP contribution in [0.2, 0.25) is 0 Å². The number of likely N-dealkylation sites (N-methyl/N-ethyl adjacent to an activating group) is 1. The Morgan fingerprint density at radius 1 is 1.14 bits per heavy atom. The van der Waals surface area contributed by atoms with E-state index in [-0.39, 0.29) is 11.7 Å². The van der Waals surface area contributed by atoms with E-state index in [9.17, 15) is 9.90 Å². The Balaban J connectivity index is 1.99. The van der Waals surface area contributed by atoms with E-state index in [1.54, 1.807) is 17.0 Å². The van der Waals surface area contributed by atoms with Crippen LogP contribution in [0, 0.1) is 3.57 Å².